The molecule has 7 aromatic carbocycles. The molecule has 256 valence electrons. The first-order valence-corrected chi connectivity index (χ1v) is 17.1. The molecule has 52 heavy (non-hydrogen) atoms. The number of hydrogen-bond donors (Lipinski definition) is 0. The molecular weight excluding hydrogens is 820 g/mol. The van der Waals surface area contributed by atoms with Gasteiger partial charge in [-0.3, -0.25) is 4.68 Å². The Morgan fingerprint density at radius 1 is 0.558 bits per heavy atom. The van der Waals surface area contributed by atoms with E-state index < -0.39 is 0 Å². The number of nitrogens with zero attached hydrogens (tertiary/aromatic N) is 4. The molecule has 0 spiro atoms. The van der Waals surface area contributed by atoms with Gasteiger partial charge in [0.15, 0.2) is 0 Å². The maximum Gasteiger partial charge on any atom is 0.0600 e. The van der Waals surface area contributed by atoms with E-state index >= 15 is 0 Å². The summed E-state index contributed by atoms with van der Waals surface area (Å²) in [5, 5.41) is 6.97. The molecular formula is C46H33N4OPt-3. The van der Waals surface area contributed by atoms with Crippen LogP contribution in [0.15, 0.2) is 158 Å². The normalized spacial score (nSPS) is 12.1. The van der Waals surface area contributed by atoms with Gasteiger partial charge >= 0.3 is 0 Å². The Kier molecular flexibility index (Phi) is 8.96. The summed E-state index contributed by atoms with van der Waals surface area (Å²) in [6.07, 6.45) is 0. The predicted molar refractivity (Wildman–Crippen MR) is 207 cm³/mol. The zero-order valence-electron chi connectivity index (χ0n) is 28.6. The second-order valence-corrected chi connectivity index (χ2v) is 12.7. The van der Waals surface area contributed by atoms with Crippen molar-refractivity contribution in [3.8, 4) is 39.4 Å². The predicted octanol–water partition coefficient (Wildman–Crippen LogP) is 11.8. The fourth-order valence-electron chi connectivity index (χ4n) is 7.04. The summed E-state index contributed by atoms with van der Waals surface area (Å²) in [6.45, 7) is 6.22. The molecule has 9 rings (SSSR count). The molecule has 8 aromatic rings. The first kappa shape index (κ1) is 33.3. The fraction of sp³-hybridized carbons (Fsp3) is 0.0435. The Hall–Kier alpha value is -5.90. The number of ether oxygens (including phenoxy) is 1. The van der Waals surface area contributed by atoms with E-state index in [1.807, 2.05) is 48.9 Å². The van der Waals surface area contributed by atoms with E-state index in [9.17, 15) is 0 Å². The first-order valence-electron chi connectivity index (χ1n) is 17.1. The van der Waals surface area contributed by atoms with Crippen LogP contribution in [-0.4, -0.2) is 9.78 Å². The van der Waals surface area contributed by atoms with Crippen molar-refractivity contribution in [2.24, 2.45) is 0 Å². The molecule has 6 heteroatoms. The Morgan fingerprint density at radius 3 is 1.81 bits per heavy atom. The van der Waals surface area contributed by atoms with Gasteiger partial charge in [-0.15, -0.1) is 48.8 Å². The first-order chi connectivity index (χ1) is 25.1. The number of para-hydroxylation sites is 1. The second-order valence-electron chi connectivity index (χ2n) is 12.7. The van der Waals surface area contributed by atoms with Crippen molar-refractivity contribution in [3.63, 3.8) is 0 Å². The topological polar surface area (TPSA) is 33.5 Å². The van der Waals surface area contributed by atoms with E-state index in [0.29, 0.717) is 11.5 Å². The summed E-state index contributed by atoms with van der Waals surface area (Å²) in [6, 6.07) is 61.7. The Bertz CT molecular complexity index is 2470. The largest absolute Gasteiger partial charge is 0.509 e. The van der Waals surface area contributed by atoms with Crippen molar-refractivity contribution < 1.29 is 25.8 Å². The molecule has 0 N–H and O–H groups in total. The molecule has 0 unspecified atom stereocenters. The van der Waals surface area contributed by atoms with Gasteiger partial charge in [0.1, 0.15) is 0 Å². The third-order valence-corrected chi connectivity index (χ3v) is 9.28. The maximum atomic E-state index is 6.40. The van der Waals surface area contributed by atoms with Crippen LogP contribution < -0.4 is 14.5 Å². The van der Waals surface area contributed by atoms with Gasteiger partial charge in [-0.1, -0.05) is 109 Å². The van der Waals surface area contributed by atoms with Crippen LogP contribution in [0.25, 0.3) is 38.7 Å². The van der Waals surface area contributed by atoms with E-state index in [-0.39, 0.29) is 21.1 Å². The minimum absolute atomic E-state index is 0. The molecule has 0 atom stereocenters. The number of aromatic nitrogens is 2. The van der Waals surface area contributed by atoms with Crippen LogP contribution in [0.2, 0.25) is 0 Å². The number of aryl methyl sites for hydroxylation is 2. The molecule has 1 aromatic heterocycles. The molecule has 0 saturated heterocycles. The molecule has 0 fully saturated rings. The number of rotatable bonds is 7. The van der Waals surface area contributed by atoms with Crippen LogP contribution >= 0.6 is 0 Å². The average molecular weight is 853 g/mol. The van der Waals surface area contributed by atoms with Crippen molar-refractivity contribution in [1.29, 1.82) is 0 Å². The third-order valence-electron chi connectivity index (χ3n) is 9.28. The van der Waals surface area contributed by atoms with E-state index in [1.54, 1.807) is 0 Å². The van der Waals surface area contributed by atoms with Gasteiger partial charge in [0.2, 0.25) is 0 Å². The number of benzene rings is 7. The summed E-state index contributed by atoms with van der Waals surface area (Å²) < 4.78 is 8.29. The Balaban J connectivity index is 0.00000387. The summed E-state index contributed by atoms with van der Waals surface area (Å²) in [5.74, 6) is 1.19. The van der Waals surface area contributed by atoms with Gasteiger partial charge in [0, 0.05) is 71.8 Å². The number of anilines is 4. The van der Waals surface area contributed by atoms with Gasteiger partial charge in [0.25, 0.3) is 0 Å². The van der Waals surface area contributed by atoms with Crippen molar-refractivity contribution >= 4 is 33.5 Å². The second kappa shape index (κ2) is 14.0. The standard InChI is InChI=1S/C46H33N4O.Pt/c1-32-28-33(2)50(47-32)38-20-12-22-40(30-38)51-39-21-11-19-37(29-39)48-31-49(46-43-23-10-9-18-36(43)26-27-44(46)48)45-41(34-14-5-3-6-15-34)24-13-25-42(45)35-16-7-4-8-17-35;/h3-28,31H,1-2H3;/q-3;. The summed E-state index contributed by atoms with van der Waals surface area (Å²) >= 11 is 0. The smallest absolute Gasteiger partial charge is 0.0600 e. The summed E-state index contributed by atoms with van der Waals surface area (Å²) in [7, 11) is 0. The fourth-order valence-corrected chi connectivity index (χ4v) is 7.04. The van der Waals surface area contributed by atoms with Crippen LogP contribution in [0.5, 0.6) is 11.5 Å². The quantitative estimate of drug-likeness (QED) is 0.150. The van der Waals surface area contributed by atoms with Crippen LogP contribution in [0, 0.1) is 32.6 Å². The summed E-state index contributed by atoms with van der Waals surface area (Å²) in [4.78, 5) is 4.57. The molecule has 0 aliphatic carbocycles. The van der Waals surface area contributed by atoms with Gasteiger partial charge in [-0.25, -0.2) is 0 Å². The van der Waals surface area contributed by atoms with Gasteiger partial charge in [0.05, 0.1) is 5.69 Å². The van der Waals surface area contributed by atoms with Crippen LogP contribution in [-0.2, 0) is 21.1 Å². The molecule has 0 bridgehead atoms. The van der Waals surface area contributed by atoms with E-state index in [0.717, 1.165) is 62.1 Å². The average Bonchev–Trinajstić information content (AvgIpc) is 3.74. The van der Waals surface area contributed by atoms with Gasteiger partial charge < -0.3 is 14.5 Å². The van der Waals surface area contributed by atoms with Crippen molar-refractivity contribution in [3.05, 3.63) is 188 Å². The molecule has 1 aliphatic heterocycles. The zero-order valence-corrected chi connectivity index (χ0v) is 30.9. The van der Waals surface area contributed by atoms with Crippen LogP contribution in [0.3, 0.4) is 0 Å². The van der Waals surface area contributed by atoms with E-state index in [2.05, 4.69) is 161 Å². The van der Waals surface area contributed by atoms with E-state index in [4.69, 9.17) is 4.74 Å². The molecule has 2 heterocycles. The monoisotopic (exact) mass is 852 g/mol. The Labute approximate surface area is 318 Å². The molecule has 5 nitrogen and oxygen atoms in total. The maximum absolute atomic E-state index is 6.40. The van der Waals surface area contributed by atoms with Crippen molar-refractivity contribution in [2.45, 2.75) is 13.8 Å². The Morgan fingerprint density at radius 2 is 1.15 bits per heavy atom. The SMILES string of the molecule is Cc1cc(C)n(-c2[c-]c(Oc3[c-]c(N4[CH-]N(c5c(-c6ccccc6)cccc5-c5ccccc5)c5c4ccc4ccccc54)ccc3)ccc2)n1.[Pt]. The van der Waals surface area contributed by atoms with Gasteiger partial charge in [-0.05, 0) is 48.2 Å². The summed E-state index contributed by atoms with van der Waals surface area (Å²) in [5.41, 5.74) is 11.6. The van der Waals surface area contributed by atoms with Crippen LogP contribution in [0.1, 0.15) is 11.4 Å². The molecule has 1 aliphatic rings. The van der Waals surface area contributed by atoms with Crippen molar-refractivity contribution in [1.82, 2.24) is 9.78 Å². The third kappa shape index (κ3) is 6.08. The van der Waals surface area contributed by atoms with Crippen molar-refractivity contribution in [2.75, 3.05) is 9.80 Å². The minimum atomic E-state index is 0. The number of hydrogen-bond acceptors (Lipinski definition) is 4. The van der Waals surface area contributed by atoms with Gasteiger partial charge in [-0.2, -0.15) is 17.2 Å². The molecule has 0 radical (unpaired) electrons. The van der Waals surface area contributed by atoms with Crippen LogP contribution in [0.4, 0.5) is 22.7 Å². The van der Waals surface area contributed by atoms with E-state index in [1.165, 1.54) is 10.8 Å². The zero-order chi connectivity index (χ0) is 34.3. The molecule has 0 saturated carbocycles. The number of fused-ring (bicyclic) bond motifs is 3. The molecule has 0 amide bonds. The minimum Gasteiger partial charge on any atom is -0.509 e.